The van der Waals surface area contributed by atoms with Crippen LogP contribution in [0.25, 0.3) is 0 Å². The van der Waals surface area contributed by atoms with Crippen LogP contribution in [-0.2, 0) is 26.0 Å². The van der Waals surface area contributed by atoms with Gasteiger partial charge in [0, 0.05) is 11.8 Å². The minimum atomic E-state index is -0.353. The predicted octanol–water partition coefficient (Wildman–Crippen LogP) is 3.25. The lowest BCUT2D eigenvalue weighted by molar-refractivity contribution is -0.143. The van der Waals surface area contributed by atoms with E-state index in [0.29, 0.717) is 30.5 Å². The number of carbonyl (C=O) groups is 2. The van der Waals surface area contributed by atoms with Crippen LogP contribution in [0.1, 0.15) is 41.8 Å². The average Bonchev–Trinajstić information content (AvgIpc) is 2.45. The van der Waals surface area contributed by atoms with E-state index < -0.39 is 0 Å². The molecule has 110 valence electrons. The van der Waals surface area contributed by atoms with E-state index in [1.54, 1.807) is 19.9 Å². The van der Waals surface area contributed by atoms with Crippen LogP contribution in [0.15, 0.2) is 18.2 Å². The van der Waals surface area contributed by atoms with Gasteiger partial charge in [0.2, 0.25) is 0 Å². The Labute approximate surface area is 127 Å². The van der Waals surface area contributed by atoms with E-state index in [1.165, 1.54) is 0 Å². The van der Waals surface area contributed by atoms with Crippen molar-refractivity contribution in [1.29, 1.82) is 0 Å². The van der Waals surface area contributed by atoms with Gasteiger partial charge >= 0.3 is 11.9 Å². The van der Waals surface area contributed by atoms with Gasteiger partial charge in [0.25, 0.3) is 0 Å². The lowest BCUT2D eigenvalue weighted by Crippen LogP contribution is -2.12. The summed E-state index contributed by atoms with van der Waals surface area (Å²) in [4.78, 5) is 23.4. The van der Waals surface area contributed by atoms with Gasteiger partial charge in [-0.25, -0.2) is 4.79 Å². The number of rotatable bonds is 7. The molecule has 0 aliphatic rings. The third kappa shape index (κ3) is 4.63. The fourth-order valence-corrected chi connectivity index (χ4v) is 2.44. The van der Waals surface area contributed by atoms with Crippen molar-refractivity contribution in [3.63, 3.8) is 0 Å². The highest BCUT2D eigenvalue weighted by Gasteiger charge is 2.16. The second-order valence-corrected chi connectivity index (χ2v) is 4.66. The molecule has 0 bridgehead atoms. The molecule has 0 atom stereocenters. The topological polar surface area (TPSA) is 52.6 Å². The van der Waals surface area contributed by atoms with Gasteiger partial charge in [-0.3, -0.25) is 4.79 Å². The maximum atomic E-state index is 12.0. The minimum absolute atomic E-state index is 0.254. The average molecular weight is 343 g/mol. The molecule has 0 radical (unpaired) electrons. The van der Waals surface area contributed by atoms with Gasteiger partial charge in [0.05, 0.1) is 18.8 Å². The van der Waals surface area contributed by atoms with E-state index in [-0.39, 0.29) is 18.4 Å². The summed E-state index contributed by atoms with van der Waals surface area (Å²) in [5.41, 5.74) is 2.35. The van der Waals surface area contributed by atoms with Gasteiger partial charge in [-0.05, 0) is 37.5 Å². The summed E-state index contributed by atoms with van der Waals surface area (Å²) in [6.45, 7) is 4.23. The molecule has 0 saturated heterocycles. The molecule has 4 nitrogen and oxygen atoms in total. The van der Waals surface area contributed by atoms with Crippen LogP contribution < -0.4 is 0 Å². The first-order valence-corrected chi connectivity index (χ1v) is 7.75. The Bertz CT molecular complexity index is 471. The zero-order chi connectivity index (χ0) is 15.0. The van der Waals surface area contributed by atoms with Crippen LogP contribution in [0.2, 0.25) is 0 Å². The molecule has 0 fully saturated rings. The molecule has 0 heterocycles. The van der Waals surface area contributed by atoms with E-state index in [1.807, 2.05) is 12.1 Å². The molecule has 0 N–H and O–H groups in total. The molecule has 0 aromatic heterocycles. The summed E-state index contributed by atoms with van der Waals surface area (Å²) in [5, 5.41) is 0.623. The number of esters is 2. The molecule has 5 heteroatoms. The molecular weight excluding hydrogens is 324 g/mol. The van der Waals surface area contributed by atoms with Crippen molar-refractivity contribution in [2.45, 2.75) is 32.0 Å². The van der Waals surface area contributed by atoms with Gasteiger partial charge < -0.3 is 9.47 Å². The quantitative estimate of drug-likeness (QED) is 0.563. The smallest absolute Gasteiger partial charge is 0.338 e. The highest BCUT2D eigenvalue weighted by molar-refractivity contribution is 9.08. The second kappa shape index (κ2) is 8.74. The van der Waals surface area contributed by atoms with Gasteiger partial charge in [-0.2, -0.15) is 0 Å². The Morgan fingerprint density at radius 2 is 1.85 bits per heavy atom. The fraction of sp³-hybridized carbons (Fsp3) is 0.467. The molecule has 0 saturated carbocycles. The molecule has 0 aliphatic heterocycles. The molecule has 1 aromatic carbocycles. The number of hydrogen-bond acceptors (Lipinski definition) is 4. The lowest BCUT2D eigenvalue weighted by Gasteiger charge is -2.12. The molecule has 0 amide bonds. The number of carbonyl (C=O) groups excluding carboxylic acids is 2. The van der Waals surface area contributed by atoms with E-state index >= 15 is 0 Å². The van der Waals surface area contributed by atoms with E-state index in [2.05, 4.69) is 15.9 Å². The van der Waals surface area contributed by atoms with Gasteiger partial charge in [0.15, 0.2) is 0 Å². The summed E-state index contributed by atoms with van der Waals surface area (Å²) in [6.07, 6.45) is 0.721. The standard InChI is InChI=1S/C15H19BrO4/c1-3-19-14(17)9-8-12-11(10-16)6-5-7-13(12)15(18)20-4-2/h5-7H,3-4,8-10H2,1-2H3. The van der Waals surface area contributed by atoms with Crippen molar-refractivity contribution in [3.8, 4) is 0 Å². The third-order valence-electron chi connectivity index (χ3n) is 2.80. The van der Waals surface area contributed by atoms with Crippen molar-refractivity contribution in [1.82, 2.24) is 0 Å². The minimum Gasteiger partial charge on any atom is -0.466 e. The Kier molecular flexibility index (Phi) is 7.30. The summed E-state index contributed by atoms with van der Waals surface area (Å²) < 4.78 is 9.97. The molecule has 0 unspecified atom stereocenters. The summed E-state index contributed by atoms with van der Waals surface area (Å²) in [6, 6.07) is 5.47. The van der Waals surface area contributed by atoms with Gasteiger partial charge in [0.1, 0.15) is 0 Å². The summed E-state index contributed by atoms with van der Waals surface area (Å²) >= 11 is 3.40. The van der Waals surface area contributed by atoms with E-state index in [4.69, 9.17) is 9.47 Å². The Morgan fingerprint density at radius 1 is 1.15 bits per heavy atom. The Hall–Kier alpha value is -1.36. The monoisotopic (exact) mass is 342 g/mol. The molecular formula is C15H19BrO4. The SMILES string of the molecule is CCOC(=O)CCc1c(CBr)cccc1C(=O)OCC. The highest BCUT2D eigenvalue weighted by atomic mass is 79.9. The van der Waals surface area contributed by atoms with Crippen molar-refractivity contribution < 1.29 is 19.1 Å². The lowest BCUT2D eigenvalue weighted by atomic mass is 9.97. The van der Waals surface area contributed by atoms with E-state index in [0.717, 1.165) is 11.1 Å². The van der Waals surface area contributed by atoms with Gasteiger partial charge in [-0.15, -0.1) is 0 Å². The first-order valence-electron chi connectivity index (χ1n) is 6.63. The normalized spacial score (nSPS) is 10.2. The van der Waals surface area contributed by atoms with E-state index in [9.17, 15) is 9.59 Å². The van der Waals surface area contributed by atoms with Crippen LogP contribution in [0, 0.1) is 0 Å². The second-order valence-electron chi connectivity index (χ2n) is 4.10. The first-order chi connectivity index (χ1) is 9.63. The Balaban J connectivity index is 2.95. The van der Waals surface area contributed by atoms with Gasteiger partial charge in [-0.1, -0.05) is 28.1 Å². The highest BCUT2D eigenvalue weighted by Crippen LogP contribution is 2.20. The summed E-state index contributed by atoms with van der Waals surface area (Å²) in [5.74, 6) is -0.610. The zero-order valence-corrected chi connectivity index (χ0v) is 13.4. The maximum Gasteiger partial charge on any atom is 0.338 e. The molecule has 0 aliphatic carbocycles. The van der Waals surface area contributed by atoms with Crippen LogP contribution in [0.4, 0.5) is 0 Å². The van der Waals surface area contributed by atoms with Crippen LogP contribution in [0.5, 0.6) is 0 Å². The predicted molar refractivity (Wildman–Crippen MR) is 80.0 cm³/mol. The number of hydrogen-bond donors (Lipinski definition) is 0. The van der Waals surface area contributed by atoms with Crippen molar-refractivity contribution in [2.75, 3.05) is 13.2 Å². The van der Waals surface area contributed by atoms with Crippen LogP contribution >= 0.6 is 15.9 Å². The maximum absolute atomic E-state index is 12.0. The summed E-state index contributed by atoms with van der Waals surface area (Å²) in [7, 11) is 0. The molecule has 20 heavy (non-hydrogen) atoms. The number of alkyl halides is 1. The van der Waals surface area contributed by atoms with Crippen molar-refractivity contribution >= 4 is 27.9 Å². The number of ether oxygens (including phenoxy) is 2. The largest absolute Gasteiger partial charge is 0.466 e. The molecule has 0 spiro atoms. The molecule has 1 rings (SSSR count). The van der Waals surface area contributed by atoms with Crippen molar-refractivity contribution in [2.24, 2.45) is 0 Å². The number of halogens is 1. The molecule has 1 aromatic rings. The first kappa shape index (κ1) is 16.7. The third-order valence-corrected chi connectivity index (χ3v) is 3.40. The van der Waals surface area contributed by atoms with Crippen LogP contribution in [-0.4, -0.2) is 25.2 Å². The van der Waals surface area contributed by atoms with Crippen molar-refractivity contribution in [3.05, 3.63) is 34.9 Å². The number of benzene rings is 1. The van der Waals surface area contributed by atoms with Crippen LogP contribution in [0.3, 0.4) is 0 Å². The Morgan fingerprint density at radius 3 is 2.45 bits per heavy atom. The zero-order valence-electron chi connectivity index (χ0n) is 11.8. The fourth-order valence-electron chi connectivity index (χ4n) is 1.92.